The highest BCUT2D eigenvalue weighted by molar-refractivity contribution is 4.64. The fourth-order valence-corrected chi connectivity index (χ4v) is 1.45. The van der Waals surface area contributed by atoms with Crippen molar-refractivity contribution in [1.82, 2.24) is 0 Å². The highest BCUT2D eigenvalue weighted by Gasteiger charge is 2.15. The second-order valence-electron chi connectivity index (χ2n) is 4.13. The molecule has 0 amide bonds. The molecule has 0 radical (unpaired) electrons. The van der Waals surface area contributed by atoms with Crippen LogP contribution in [-0.4, -0.2) is 23.4 Å². The van der Waals surface area contributed by atoms with Crippen LogP contribution >= 0.6 is 0 Å². The highest BCUT2D eigenvalue weighted by atomic mass is 16.5. The van der Waals surface area contributed by atoms with Gasteiger partial charge in [0.25, 0.3) is 0 Å². The lowest BCUT2D eigenvalue weighted by Crippen LogP contribution is -2.28. The summed E-state index contributed by atoms with van der Waals surface area (Å²) in [5, 5.41) is 9.34. The van der Waals surface area contributed by atoms with Crippen molar-refractivity contribution in [3.8, 4) is 0 Å². The average molecular weight is 202 g/mol. The van der Waals surface area contributed by atoms with E-state index in [0.717, 1.165) is 19.3 Å². The third-order valence-corrected chi connectivity index (χ3v) is 2.58. The van der Waals surface area contributed by atoms with Gasteiger partial charge in [0.15, 0.2) is 0 Å². The minimum Gasteiger partial charge on any atom is -0.391 e. The number of rotatable bonds is 8. The summed E-state index contributed by atoms with van der Waals surface area (Å²) in [6, 6.07) is 0. The summed E-state index contributed by atoms with van der Waals surface area (Å²) < 4.78 is 5.80. The van der Waals surface area contributed by atoms with Gasteiger partial charge in [0.1, 0.15) is 0 Å². The molecule has 0 fully saturated rings. The number of hydrogen-bond donors (Lipinski definition) is 1. The minimum absolute atomic E-state index is 0.0385. The van der Waals surface area contributed by atoms with E-state index in [0.29, 0.717) is 6.10 Å². The van der Waals surface area contributed by atoms with Crippen molar-refractivity contribution in [3.63, 3.8) is 0 Å². The van der Waals surface area contributed by atoms with Crippen LogP contribution in [0.3, 0.4) is 0 Å². The van der Waals surface area contributed by atoms with Crippen molar-refractivity contribution in [2.24, 2.45) is 0 Å². The first-order chi connectivity index (χ1) is 6.61. The molecule has 0 heterocycles. The molecule has 2 nitrogen and oxygen atoms in total. The third-order valence-electron chi connectivity index (χ3n) is 2.58. The molecule has 0 aliphatic carbocycles. The fraction of sp³-hybridized carbons (Fsp3) is 1.00. The quantitative estimate of drug-likeness (QED) is 0.655. The van der Waals surface area contributed by atoms with Crippen molar-refractivity contribution >= 4 is 0 Å². The lowest BCUT2D eigenvalue weighted by molar-refractivity contribution is -0.0670. The van der Waals surface area contributed by atoms with Crippen LogP contribution in [0.2, 0.25) is 0 Å². The number of aliphatic hydroxyl groups is 1. The molecular formula is C12H26O2. The van der Waals surface area contributed by atoms with Crippen LogP contribution in [0.4, 0.5) is 0 Å². The molecular weight excluding hydrogens is 176 g/mol. The van der Waals surface area contributed by atoms with Crippen molar-refractivity contribution in [1.29, 1.82) is 0 Å². The molecule has 0 aromatic carbocycles. The minimum atomic E-state index is -0.365. The standard InChI is InChI=1S/C12H26O2/c1-5-7-9-12(8-6-2)14-11(4)10(3)13/h10-13H,5-9H2,1-4H3/t10-,11+,12?/m0/s1. The van der Waals surface area contributed by atoms with Crippen LogP contribution in [0, 0.1) is 0 Å². The Morgan fingerprint density at radius 1 is 1.07 bits per heavy atom. The zero-order chi connectivity index (χ0) is 11.0. The van der Waals surface area contributed by atoms with E-state index in [4.69, 9.17) is 4.74 Å². The number of ether oxygens (including phenoxy) is 1. The monoisotopic (exact) mass is 202 g/mol. The summed E-state index contributed by atoms with van der Waals surface area (Å²) in [5.41, 5.74) is 0. The van der Waals surface area contributed by atoms with Crippen LogP contribution in [0.15, 0.2) is 0 Å². The Morgan fingerprint density at radius 3 is 2.14 bits per heavy atom. The Bertz CT molecular complexity index is 123. The Balaban J connectivity index is 3.81. The Kier molecular flexibility index (Phi) is 8.20. The van der Waals surface area contributed by atoms with Crippen LogP contribution in [-0.2, 0) is 4.74 Å². The zero-order valence-corrected chi connectivity index (χ0v) is 10.1. The van der Waals surface area contributed by atoms with E-state index in [2.05, 4.69) is 13.8 Å². The van der Waals surface area contributed by atoms with Gasteiger partial charge < -0.3 is 9.84 Å². The van der Waals surface area contributed by atoms with Crippen molar-refractivity contribution in [3.05, 3.63) is 0 Å². The van der Waals surface area contributed by atoms with Gasteiger partial charge in [-0.15, -0.1) is 0 Å². The van der Waals surface area contributed by atoms with Gasteiger partial charge in [-0.25, -0.2) is 0 Å². The lowest BCUT2D eigenvalue weighted by atomic mass is 10.1. The van der Waals surface area contributed by atoms with Gasteiger partial charge in [-0.1, -0.05) is 33.1 Å². The molecule has 0 bridgehead atoms. The molecule has 1 N–H and O–H groups in total. The van der Waals surface area contributed by atoms with Gasteiger partial charge in [-0.3, -0.25) is 0 Å². The topological polar surface area (TPSA) is 29.5 Å². The third kappa shape index (κ3) is 6.39. The van der Waals surface area contributed by atoms with Crippen LogP contribution in [0.1, 0.15) is 59.8 Å². The van der Waals surface area contributed by atoms with Gasteiger partial charge in [-0.05, 0) is 26.7 Å². The summed E-state index contributed by atoms with van der Waals surface area (Å²) in [6.07, 6.45) is 5.76. The molecule has 3 atom stereocenters. The van der Waals surface area contributed by atoms with E-state index in [9.17, 15) is 5.11 Å². The van der Waals surface area contributed by atoms with Crippen molar-refractivity contribution < 1.29 is 9.84 Å². The Morgan fingerprint density at radius 2 is 1.71 bits per heavy atom. The molecule has 2 heteroatoms. The number of hydrogen-bond acceptors (Lipinski definition) is 2. The highest BCUT2D eigenvalue weighted by Crippen LogP contribution is 2.14. The molecule has 0 spiro atoms. The summed E-state index contributed by atoms with van der Waals surface area (Å²) in [6.45, 7) is 8.10. The molecule has 0 aliphatic rings. The van der Waals surface area contributed by atoms with Crippen LogP contribution < -0.4 is 0 Å². The molecule has 0 rings (SSSR count). The van der Waals surface area contributed by atoms with Gasteiger partial charge in [0.2, 0.25) is 0 Å². The summed E-state index contributed by atoms with van der Waals surface area (Å²) in [5.74, 6) is 0. The average Bonchev–Trinajstić information content (AvgIpc) is 2.14. The smallest absolute Gasteiger partial charge is 0.0806 e. The molecule has 86 valence electrons. The molecule has 0 aliphatic heterocycles. The van der Waals surface area contributed by atoms with E-state index >= 15 is 0 Å². The normalized spacial score (nSPS) is 17.8. The number of aliphatic hydroxyl groups excluding tert-OH is 1. The summed E-state index contributed by atoms with van der Waals surface area (Å²) >= 11 is 0. The maximum absolute atomic E-state index is 9.34. The molecule has 0 aromatic rings. The van der Waals surface area contributed by atoms with Crippen molar-refractivity contribution in [2.75, 3.05) is 0 Å². The summed E-state index contributed by atoms with van der Waals surface area (Å²) in [4.78, 5) is 0. The first-order valence-corrected chi connectivity index (χ1v) is 5.95. The Labute approximate surface area is 88.7 Å². The van der Waals surface area contributed by atoms with Crippen molar-refractivity contribution in [2.45, 2.75) is 78.1 Å². The predicted molar refractivity (Wildman–Crippen MR) is 60.4 cm³/mol. The summed E-state index contributed by atoms with van der Waals surface area (Å²) in [7, 11) is 0. The first kappa shape index (κ1) is 13.9. The van der Waals surface area contributed by atoms with Gasteiger partial charge in [0, 0.05) is 0 Å². The van der Waals surface area contributed by atoms with Gasteiger partial charge in [-0.2, -0.15) is 0 Å². The maximum Gasteiger partial charge on any atom is 0.0806 e. The van der Waals surface area contributed by atoms with E-state index in [1.165, 1.54) is 12.8 Å². The van der Waals surface area contributed by atoms with E-state index in [1.54, 1.807) is 6.92 Å². The first-order valence-electron chi connectivity index (χ1n) is 5.95. The molecule has 0 saturated carbocycles. The zero-order valence-electron chi connectivity index (χ0n) is 10.1. The fourth-order valence-electron chi connectivity index (χ4n) is 1.45. The van der Waals surface area contributed by atoms with E-state index < -0.39 is 0 Å². The Hall–Kier alpha value is -0.0800. The molecule has 0 saturated heterocycles. The largest absolute Gasteiger partial charge is 0.391 e. The molecule has 0 aromatic heterocycles. The predicted octanol–water partition coefficient (Wildman–Crippen LogP) is 3.13. The molecule has 1 unspecified atom stereocenters. The van der Waals surface area contributed by atoms with E-state index in [1.807, 2.05) is 6.92 Å². The molecule has 14 heavy (non-hydrogen) atoms. The van der Waals surface area contributed by atoms with E-state index in [-0.39, 0.29) is 12.2 Å². The second-order valence-corrected chi connectivity index (χ2v) is 4.13. The second kappa shape index (κ2) is 8.25. The van der Waals surface area contributed by atoms with Crippen LogP contribution in [0.25, 0.3) is 0 Å². The van der Waals surface area contributed by atoms with Gasteiger partial charge >= 0.3 is 0 Å². The van der Waals surface area contributed by atoms with Crippen LogP contribution in [0.5, 0.6) is 0 Å². The number of unbranched alkanes of at least 4 members (excludes halogenated alkanes) is 1. The maximum atomic E-state index is 9.34. The van der Waals surface area contributed by atoms with Gasteiger partial charge in [0.05, 0.1) is 18.3 Å². The SMILES string of the molecule is CCCCC(CCC)O[C@H](C)[C@H](C)O. The lowest BCUT2D eigenvalue weighted by Gasteiger charge is -2.23.